The second kappa shape index (κ2) is 7.90. The van der Waals surface area contributed by atoms with Gasteiger partial charge in [-0.1, -0.05) is 24.3 Å². The zero-order valence-corrected chi connectivity index (χ0v) is 19.0. The van der Waals surface area contributed by atoms with E-state index in [0.29, 0.717) is 17.4 Å². The molecule has 6 rings (SSSR count). The van der Waals surface area contributed by atoms with Crippen LogP contribution in [-0.4, -0.2) is 24.6 Å². The summed E-state index contributed by atoms with van der Waals surface area (Å²) in [6, 6.07) is 19.7. The number of nitrogens with one attached hydrogen (secondary N) is 2. The minimum Gasteiger partial charge on any atom is -0.454 e. The summed E-state index contributed by atoms with van der Waals surface area (Å²) >= 11 is 0. The molecular formula is C28H26N2O4. The van der Waals surface area contributed by atoms with Gasteiger partial charge in [0.15, 0.2) is 11.5 Å². The average molecular weight is 455 g/mol. The van der Waals surface area contributed by atoms with E-state index < -0.39 is 5.41 Å². The van der Waals surface area contributed by atoms with Crippen LogP contribution in [0.4, 0.5) is 5.69 Å². The van der Waals surface area contributed by atoms with Gasteiger partial charge in [0, 0.05) is 17.3 Å². The molecule has 2 aliphatic carbocycles. The van der Waals surface area contributed by atoms with Crippen molar-refractivity contribution in [2.75, 3.05) is 12.1 Å². The van der Waals surface area contributed by atoms with E-state index in [1.54, 1.807) is 0 Å². The molecule has 6 heteroatoms. The van der Waals surface area contributed by atoms with Crippen molar-refractivity contribution in [1.82, 2.24) is 5.32 Å². The Labute approximate surface area is 198 Å². The summed E-state index contributed by atoms with van der Waals surface area (Å²) in [5.74, 6) is 1.39. The standard InChI is InChI=1S/C28H26N2O4/c1-17-2-8-22(15-23(17)18-3-5-19(6-4-18)26(31)29-21-9-10-21)30-27(32)28(12-13-28)20-7-11-24-25(14-20)34-16-33-24/h2-8,11,14-15,21H,9-10,12-13,16H2,1H3,(H,29,31)(H,30,32). The number of carbonyl (C=O) groups is 2. The minimum atomic E-state index is -0.525. The van der Waals surface area contributed by atoms with E-state index >= 15 is 0 Å². The van der Waals surface area contributed by atoms with Gasteiger partial charge in [0.1, 0.15) is 0 Å². The highest BCUT2D eigenvalue weighted by molar-refractivity contribution is 6.02. The molecule has 1 aliphatic heterocycles. The molecule has 2 saturated carbocycles. The summed E-state index contributed by atoms with van der Waals surface area (Å²) in [7, 11) is 0. The van der Waals surface area contributed by atoms with Gasteiger partial charge in [0.25, 0.3) is 5.91 Å². The lowest BCUT2D eigenvalue weighted by atomic mass is 9.94. The van der Waals surface area contributed by atoms with Gasteiger partial charge >= 0.3 is 0 Å². The third-order valence-corrected chi connectivity index (χ3v) is 6.98. The second-order valence-electron chi connectivity index (χ2n) is 9.46. The van der Waals surface area contributed by atoms with Crippen molar-refractivity contribution in [3.8, 4) is 22.6 Å². The van der Waals surface area contributed by atoms with Gasteiger partial charge < -0.3 is 20.1 Å². The fourth-order valence-corrected chi connectivity index (χ4v) is 4.53. The summed E-state index contributed by atoms with van der Waals surface area (Å²) in [6.07, 6.45) is 3.75. The van der Waals surface area contributed by atoms with E-state index in [0.717, 1.165) is 59.4 Å². The van der Waals surface area contributed by atoms with Crippen LogP contribution in [0.25, 0.3) is 11.1 Å². The number of benzene rings is 3. The van der Waals surface area contributed by atoms with Gasteiger partial charge in [0.2, 0.25) is 12.7 Å². The highest BCUT2D eigenvalue weighted by Crippen LogP contribution is 2.51. The van der Waals surface area contributed by atoms with Crippen LogP contribution in [0.2, 0.25) is 0 Å². The molecule has 0 atom stereocenters. The molecule has 3 aromatic rings. The van der Waals surface area contributed by atoms with Crippen LogP contribution < -0.4 is 20.1 Å². The molecule has 2 fully saturated rings. The van der Waals surface area contributed by atoms with Crippen molar-refractivity contribution in [2.45, 2.75) is 44.1 Å². The van der Waals surface area contributed by atoms with Crippen LogP contribution in [0.3, 0.4) is 0 Å². The van der Waals surface area contributed by atoms with Crippen molar-refractivity contribution >= 4 is 17.5 Å². The molecule has 0 spiro atoms. The monoisotopic (exact) mass is 454 g/mol. The molecule has 3 aliphatic rings. The number of aryl methyl sites for hydroxylation is 1. The van der Waals surface area contributed by atoms with Crippen LogP contribution in [0.5, 0.6) is 11.5 Å². The van der Waals surface area contributed by atoms with Gasteiger partial charge in [-0.3, -0.25) is 9.59 Å². The number of amides is 2. The molecule has 0 saturated heterocycles. The Morgan fingerprint density at radius 1 is 0.912 bits per heavy atom. The largest absolute Gasteiger partial charge is 0.454 e. The Kier molecular flexibility index (Phi) is 4.83. The SMILES string of the molecule is Cc1ccc(NC(=O)C2(c3ccc4c(c3)OCO4)CC2)cc1-c1ccc(C(=O)NC2CC2)cc1. The number of hydrogen-bond donors (Lipinski definition) is 2. The van der Waals surface area contributed by atoms with Gasteiger partial charge in [-0.25, -0.2) is 0 Å². The van der Waals surface area contributed by atoms with Crippen LogP contribution in [0.1, 0.15) is 47.2 Å². The Morgan fingerprint density at radius 2 is 1.68 bits per heavy atom. The first kappa shape index (κ1) is 20.8. The lowest BCUT2D eigenvalue weighted by Gasteiger charge is -2.17. The van der Waals surface area contributed by atoms with Crippen molar-refractivity contribution in [3.63, 3.8) is 0 Å². The molecular weight excluding hydrogens is 428 g/mol. The molecule has 0 aromatic heterocycles. The van der Waals surface area contributed by atoms with E-state index in [-0.39, 0.29) is 18.6 Å². The van der Waals surface area contributed by atoms with E-state index in [1.165, 1.54) is 0 Å². The molecule has 1 heterocycles. The van der Waals surface area contributed by atoms with Crippen LogP contribution in [-0.2, 0) is 10.2 Å². The van der Waals surface area contributed by atoms with Crippen molar-refractivity contribution in [2.24, 2.45) is 0 Å². The molecule has 0 bridgehead atoms. The van der Waals surface area contributed by atoms with Gasteiger partial charge in [-0.15, -0.1) is 0 Å². The Hall–Kier alpha value is -3.80. The Morgan fingerprint density at radius 3 is 2.41 bits per heavy atom. The fraction of sp³-hybridized carbons (Fsp3) is 0.286. The smallest absolute Gasteiger partial charge is 0.251 e. The molecule has 2 N–H and O–H groups in total. The number of carbonyl (C=O) groups excluding carboxylic acids is 2. The average Bonchev–Trinajstić information content (AvgIpc) is 3.78. The Bertz CT molecular complexity index is 1290. The number of hydrogen-bond acceptors (Lipinski definition) is 4. The van der Waals surface area contributed by atoms with Gasteiger partial charge in [-0.2, -0.15) is 0 Å². The summed E-state index contributed by atoms with van der Waals surface area (Å²) in [6.45, 7) is 2.26. The predicted molar refractivity (Wildman–Crippen MR) is 129 cm³/mol. The van der Waals surface area contributed by atoms with E-state index in [9.17, 15) is 9.59 Å². The summed E-state index contributed by atoms with van der Waals surface area (Å²) < 4.78 is 10.9. The van der Waals surface area contributed by atoms with E-state index in [4.69, 9.17) is 9.47 Å². The number of anilines is 1. The molecule has 0 radical (unpaired) electrons. The first-order valence-corrected chi connectivity index (χ1v) is 11.8. The van der Waals surface area contributed by atoms with Crippen molar-refractivity contribution in [3.05, 3.63) is 77.4 Å². The summed E-state index contributed by atoms with van der Waals surface area (Å²) in [5.41, 5.74) is 4.99. The summed E-state index contributed by atoms with van der Waals surface area (Å²) in [5, 5.41) is 6.15. The van der Waals surface area contributed by atoms with E-state index in [2.05, 4.69) is 10.6 Å². The first-order chi connectivity index (χ1) is 16.5. The zero-order valence-electron chi connectivity index (χ0n) is 19.0. The molecule has 172 valence electrons. The first-order valence-electron chi connectivity index (χ1n) is 11.8. The lowest BCUT2D eigenvalue weighted by Crippen LogP contribution is -2.27. The molecule has 3 aromatic carbocycles. The number of rotatable bonds is 6. The maximum absolute atomic E-state index is 13.3. The Balaban J connectivity index is 1.21. The maximum Gasteiger partial charge on any atom is 0.251 e. The highest BCUT2D eigenvalue weighted by Gasteiger charge is 2.51. The fourth-order valence-electron chi connectivity index (χ4n) is 4.53. The van der Waals surface area contributed by atoms with E-state index in [1.807, 2.05) is 67.6 Å². The number of fused-ring (bicyclic) bond motifs is 1. The highest BCUT2D eigenvalue weighted by atomic mass is 16.7. The molecule has 2 amide bonds. The van der Waals surface area contributed by atoms with Gasteiger partial charge in [-0.05, 0) is 91.3 Å². The molecule has 34 heavy (non-hydrogen) atoms. The summed E-state index contributed by atoms with van der Waals surface area (Å²) in [4.78, 5) is 25.6. The van der Waals surface area contributed by atoms with Crippen LogP contribution in [0, 0.1) is 6.92 Å². The predicted octanol–water partition coefficient (Wildman–Crippen LogP) is 4.95. The lowest BCUT2D eigenvalue weighted by molar-refractivity contribution is -0.118. The maximum atomic E-state index is 13.3. The number of ether oxygens (including phenoxy) is 2. The third kappa shape index (κ3) is 3.79. The van der Waals surface area contributed by atoms with Gasteiger partial charge in [0.05, 0.1) is 5.41 Å². The minimum absolute atomic E-state index is 0.00624. The van der Waals surface area contributed by atoms with Crippen LogP contribution >= 0.6 is 0 Å². The van der Waals surface area contributed by atoms with Crippen molar-refractivity contribution in [1.29, 1.82) is 0 Å². The normalized spacial score (nSPS) is 17.2. The third-order valence-electron chi connectivity index (χ3n) is 6.98. The van der Waals surface area contributed by atoms with Crippen LogP contribution in [0.15, 0.2) is 60.7 Å². The zero-order chi connectivity index (χ0) is 23.3. The second-order valence-corrected chi connectivity index (χ2v) is 9.46. The molecule has 6 nitrogen and oxygen atoms in total. The quantitative estimate of drug-likeness (QED) is 0.552. The topological polar surface area (TPSA) is 76.7 Å². The van der Waals surface area contributed by atoms with Crippen molar-refractivity contribution < 1.29 is 19.1 Å². The molecule has 0 unspecified atom stereocenters.